The second kappa shape index (κ2) is 8.08. The number of hydrogen-bond donors (Lipinski definition) is 1. The number of carbonyl (C=O) groups excluding carboxylic acids is 4. The van der Waals surface area contributed by atoms with E-state index >= 15 is 0 Å². The molecule has 3 rings (SSSR count). The average molecular weight is 390 g/mol. The van der Waals surface area contributed by atoms with Crippen LogP contribution in [0.5, 0.6) is 0 Å². The normalized spacial score (nSPS) is 23.8. The van der Waals surface area contributed by atoms with Crippen molar-refractivity contribution in [1.82, 2.24) is 4.90 Å². The predicted molar refractivity (Wildman–Crippen MR) is 97.3 cm³/mol. The number of para-hydroxylation sites is 1. The SMILES string of the molecule is CC(OC(=O)C(C)N1C(=O)C2CCCCC2C1=O)C(=O)Nc1ccccc1F. The van der Waals surface area contributed by atoms with Gasteiger partial charge in [0, 0.05) is 0 Å². The Bertz CT molecular complexity index is 788. The van der Waals surface area contributed by atoms with Crippen LogP contribution in [0.15, 0.2) is 24.3 Å². The smallest absolute Gasteiger partial charge is 0.329 e. The molecule has 1 N–H and O–H groups in total. The molecule has 1 aromatic carbocycles. The number of rotatable bonds is 5. The number of fused-ring (bicyclic) bond motifs is 1. The first kappa shape index (κ1) is 20.0. The zero-order chi connectivity index (χ0) is 20.4. The van der Waals surface area contributed by atoms with E-state index in [0.29, 0.717) is 12.8 Å². The molecule has 150 valence electrons. The summed E-state index contributed by atoms with van der Waals surface area (Å²) in [6.07, 6.45) is 1.86. The highest BCUT2D eigenvalue weighted by atomic mass is 19.1. The molecule has 0 aromatic heterocycles. The first-order valence-corrected chi connectivity index (χ1v) is 9.44. The van der Waals surface area contributed by atoms with E-state index in [1.807, 2.05) is 0 Å². The van der Waals surface area contributed by atoms with E-state index in [0.717, 1.165) is 17.7 Å². The molecule has 1 saturated heterocycles. The zero-order valence-electron chi connectivity index (χ0n) is 15.8. The van der Waals surface area contributed by atoms with E-state index in [1.165, 1.54) is 32.0 Å². The summed E-state index contributed by atoms with van der Waals surface area (Å²) in [5.41, 5.74) is -0.0302. The monoisotopic (exact) mass is 390 g/mol. The van der Waals surface area contributed by atoms with Crippen LogP contribution in [-0.2, 0) is 23.9 Å². The van der Waals surface area contributed by atoms with Crippen LogP contribution in [0.3, 0.4) is 0 Å². The summed E-state index contributed by atoms with van der Waals surface area (Å²) in [4.78, 5) is 50.7. The summed E-state index contributed by atoms with van der Waals surface area (Å²) < 4.78 is 18.8. The Morgan fingerprint density at radius 1 is 1.11 bits per heavy atom. The van der Waals surface area contributed by atoms with Crippen LogP contribution in [0.25, 0.3) is 0 Å². The molecule has 8 heteroatoms. The topological polar surface area (TPSA) is 92.8 Å². The maximum Gasteiger partial charge on any atom is 0.329 e. The van der Waals surface area contributed by atoms with Gasteiger partial charge in [0.1, 0.15) is 11.9 Å². The minimum absolute atomic E-state index is 0.0302. The highest BCUT2D eigenvalue weighted by molar-refractivity contribution is 6.08. The number of hydrogen-bond acceptors (Lipinski definition) is 5. The minimum atomic E-state index is -1.22. The lowest BCUT2D eigenvalue weighted by molar-refractivity contribution is -0.163. The summed E-state index contributed by atoms with van der Waals surface area (Å²) in [7, 11) is 0. The van der Waals surface area contributed by atoms with Crippen LogP contribution < -0.4 is 5.32 Å². The van der Waals surface area contributed by atoms with Gasteiger partial charge in [-0.15, -0.1) is 0 Å². The van der Waals surface area contributed by atoms with Gasteiger partial charge < -0.3 is 10.1 Å². The molecule has 0 spiro atoms. The van der Waals surface area contributed by atoms with Crippen LogP contribution in [0.1, 0.15) is 39.5 Å². The van der Waals surface area contributed by atoms with Gasteiger partial charge in [-0.1, -0.05) is 25.0 Å². The van der Waals surface area contributed by atoms with E-state index in [4.69, 9.17) is 4.74 Å². The van der Waals surface area contributed by atoms with Gasteiger partial charge >= 0.3 is 5.97 Å². The van der Waals surface area contributed by atoms with Gasteiger partial charge in [0.05, 0.1) is 17.5 Å². The minimum Gasteiger partial charge on any atom is -0.451 e. The van der Waals surface area contributed by atoms with Crippen LogP contribution >= 0.6 is 0 Å². The lowest BCUT2D eigenvalue weighted by atomic mass is 9.81. The number of amides is 3. The second-order valence-electron chi connectivity index (χ2n) is 7.27. The van der Waals surface area contributed by atoms with Gasteiger partial charge in [0.2, 0.25) is 11.8 Å². The summed E-state index contributed by atoms with van der Waals surface area (Å²) in [5.74, 6) is -3.59. The maximum atomic E-state index is 13.6. The van der Waals surface area contributed by atoms with Crippen molar-refractivity contribution in [2.24, 2.45) is 11.8 Å². The molecular weight excluding hydrogens is 367 g/mol. The number of imide groups is 1. The van der Waals surface area contributed by atoms with E-state index in [-0.39, 0.29) is 29.3 Å². The average Bonchev–Trinajstić information content (AvgIpc) is 2.93. The largest absolute Gasteiger partial charge is 0.451 e. The molecular formula is C20H23FN2O5. The van der Waals surface area contributed by atoms with Gasteiger partial charge in [0.15, 0.2) is 6.10 Å². The Hall–Kier alpha value is -2.77. The number of likely N-dealkylation sites (tertiary alicyclic amines) is 1. The molecule has 4 atom stereocenters. The summed E-state index contributed by atoms with van der Waals surface area (Å²) in [6, 6.07) is 4.50. The molecule has 1 heterocycles. The van der Waals surface area contributed by atoms with E-state index in [2.05, 4.69) is 5.32 Å². The number of ether oxygens (including phenoxy) is 1. The van der Waals surface area contributed by atoms with Crippen molar-refractivity contribution in [3.8, 4) is 0 Å². The predicted octanol–water partition coefficient (Wildman–Crippen LogP) is 2.26. The van der Waals surface area contributed by atoms with Crippen LogP contribution in [-0.4, -0.2) is 40.7 Å². The quantitative estimate of drug-likeness (QED) is 0.615. The van der Waals surface area contributed by atoms with Crippen molar-refractivity contribution in [3.63, 3.8) is 0 Å². The number of anilines is 1. The Morgan fingerprint density at radius 3 is 2.25 bits per heavy atom. The summed E-state index contributed by atoms with van der Waals surface area (Å²) >= 11 is 0. The lowest BCUT2D eigenvalue weighted by Gasteiger charge is -2.23. The van der Waals surface area contributed by atoms with Crippen molar-refractivity contribution < 1.29 is 28.3 Å². The van der Waals surface area contributed by atoms with E-state index < -0.39 is 29.8 Å². The Balaban J connectivity index is 1.62. The standard InChI is InChI=1S/C20H23FN2O5/c1-11(23-18(25)13-7-3-4-8-14(13)19(23)26)20(27)28-12(2)17(24)22-16-10-6-5-9-15(16)21/h5-6,9-14H,3-4,7-8H2,1-2H3,(H,22,24). The fraction of sp³-hybridized carbons (Fsp3) is 0.500. The molecule has 28 heavy (non-hydrogen) atoms. The van der Waals surface area contributed by atoms with E-state index in [1.54, 1.807) is 6.07 Å². The molecule has 1 aromatic rings. The van der Waals surface area contributed by atoms with Crippen LogP contribution in [0.2, 0.25) is 0 Å². The van der Waals surface area contributed by atoms with Gasteiger partial charge in [-0.3, -0.25) is 19.3 Å². The second-order valence-corrected chi connectivity index (χ2v) is 7.27. The third-order valence-electron chi connectivity index (χ3n) is 5.40. The third kappa shape index (κ3) is 3.76. The van der Waals surface area contributed by atoms with Crippen molar-refractivity contribution >= 4 is 29.4 Å². The molecule has 2 aliphatic rings. The highest BCUT2D eigenvalue weighted by Gasteiger charge is 2.51. The van der Waals surface area contributed by atoms with E-state index in [9.17, 15) is 23.6 Å². The number of nitrogens with zero attached hydrogens (tertiary/aromatic N) is 1. The molecule has 1 aliphatic heterocycles. The fourth-order valence-corrected chi connectivity index (χ4v) is 3.80. The van der Waals surface area contributed by atoms with Gasteiger partial charge in [-0.25, -0.2) is 9.18 Å². The Kier molecular flexibility index (Phi) is 5.76. The van der Waals surface area contributed by atoms with Gasteiger partial charge in [-0.05, 0) is 38.8 Å². The number of carbonyl (C=O) groups is 4. The maximum absolute atomic E-state index is 13.6. The summed E-state index contributed by atoms with van der Waals surface area (Å²) in [6.45, 7) is 2.76. The molecule has 2 fully saturated rings. The first-order valence-electron chi connectivity index (χ1n) is 9.44. The highest BCUT2D eigenvalue weighted by Crippen LogP contribution is 2.38. The molecule has 1 saturated carbocycles. The molecule has 7 nitrogen and oxygen atoms in total. The van der Waals surface area contributed by atoms with Crippen LogP contribution in [0.4, 0.5) is 10.1 Å². The van der Waals surface area contributed by atoms with Crippen molar-refractivity contribution in [2.45, 2.75) is 51.7 Å². The fourth-order valence-electron chi connectivity index (χ4n) is 3.80. The first-order chi connectivity index (χ1) is 13.3. The van der Waals surface area contributed by atoms with Gasteiger partial charge in [0.25, 0.3) is 5.91 Å². The number of esters is 1. The number of benzene rings is 1. The third-order valence-corrected chi connectivity index (χ3v) is 5.40. The number of nitrogens with one attached hydrogen (secondary N) is 1. The van der Waals surface area contributed by atoms with Crippen molar-refractivity contribution in [1.29, 1.82) is 0 Å². The zero-order valence-corrected chi connectivity index (χ0v) is 15.8. The van der Waals surface area contributed by atoms with Crippen molar-refractivity contribution in [3.05, 3.63) is 30.1 Å². The molecule has 4 unspecified atom stereocenters. The Morgan fingerprint density at radius 2 is 1.68 bits per heavy atom. The van der Waals surface area contributed by atoms with Crippen molar-refractivity contribution in [2.75, 3.05) is 5.32 Å². The lowest BCUT2D eigenvalue weighted by Crippen LogP contribution is -2.46. The number of halogens is 1. The molecule has 3 amide bonds. The molecule has 1 aliphatic carbocycles. The molecule has 0 radical (unpaired) electrons. The van der Waals surface area contributed by atoms with Crippen LogP contribution in [0, 0.1) is 17.7 Å². The summed E-state index contributed by atoms with van der Waals surface area (Å²) in [5, 5.41) is 2.34. The Labute approximate surface area is 162 Å². The molecule has 0 bridgehead atoms. The van der Waals surface area contributed by atoms with Gasteiger partial charge in [-0.2, -0.15) is 0 Å².